The summed E-state index contributed by atoms with van der Waals surface area (Å²) in [5, 5.41) is 0. The summed E-state index contributed by atoms with van der Waals surface area (Å²) in [4.78, 5) is 40.6. The zero-order chi connectivity index (χ0) is 19.6. The Morgan fingerprint density at radius 1 is 1.04 bits per heavy atom. The van der Waals surface area contributed by atoms with E-state index in [-0.39, 0.29) is 29.4 Å². The van der Waals surface area contributed by atoms with Gasteiger partial charge >= 0.3 is 5.69 Å². The van der Waals surface area contributed by atoms with Crippen LogP contribution in [0.25, 0.3) is 0 Å². The quantitative estimate of drug-likeness (QED) is 0.692. The molecule has 2 aromatic rings. The second-order valence-electron chi connectivity index (χ2n) is 6.87. The summed E-state index contributed by atoms with van der Waals surface area (Å²) in [7, 11) is 3.13. The molecule has 1 unspecified atom stereocenters. The zero-order valence-corrected chi connectivity index (χ0v) is 16.9. The summed E-state index contributed by atoms with van der Waals surface area (Å²) in [6.07, 6.45) is 0. The molecular formula is C19H26ClN5O3. The Hall–Kier alpha value is -2.42. The first-order valence-corrected chi connectivity index (χ1v) is 8.97. The van der Waals surface area contributed by atoms with Crippen LogP contribution < -0.4 is 21.9 Å². The van der Waals surface area contributed by atoms with Gasteiger partial charge in [0, 0.05) is 58.4 Å². The van der Waals surface area contributed by atoms with Gasteiger partial charge in [-0.25, -0.2) is 4.79 Å². The van der Waals surface area contributed by atoms with Crippen molar-refractivity contribution >= 4 is 24.0 Å². The average Bonchev–Trinajstić information content (AvgIpc) is 2.70. The van der Waals surface area contributed by atoms with Gasteiger partial charge in [-0.2, -0.15) is 0 Å². The van der Waals surface area contributed by atoms with Gasteiger partial charge in [0.2, 0.25) is 0 Å². The number of nitrogens with two attached hydrogens (primary N) is 1. The number of nitrogens with zero attached hydrogens (tertiary/aromatic N) is 4. The first kappa shape index (κ1) is 21.9. The number of benzene rings is 1. The summed E-state index contributed by atoms with van der Waals surface area (Å²) in [5.74, 6) is 0.555. The van der Waals surface area contributed by atoms with Crippen molar-refractivity contribution < 1.29 is 4.79 Å². The summed E-state index contributed by atoms with van der Waals surface area (Å²) >= 11 is 0. The SMILES string of the molecule is Cl.Cn1c(N2CCN(CC(N)C(=O)c3ccccc3)CC2)cc(=O)n(C)c1=O. The van der Waals surface area contributed by atoms with Crippen LogP contribution in [0.15, 0.2) is 46.0 Å². The molecule has 0 saturated carbocycles. The van der Waals surface area contributed by atoms with E-state index in [2.05, 4.69) is 4.90 Å². The maximum atomic E-state index is 12.4. The summed E-state index contributed by atoms with van der Waals surface area (Å²) in [5.41, 5.74) is 6.08. The summed E-state index contributed by atoms with van der Waals surface area (Å²) in [6.45, 7) is 3.22. The number of aromatic nitrogens is 2. The van der Waals surface area contributed by atoms with E-state index in [0.29, 0.717) is 44.1 Å². The van der Waals surface area contributed by atoms with E-state index < -0.39 is 6.04 Å². The third-order valence-corrected chi connectivity index (χ3v) is 5.05. The lowest BCUT2D eigenvalue weighted by molar-refractivity contribution is 0.0934. The molecular weight excluding hydrogens is 382 g/mol. The molecule has 28 heavy (non-hydrogen) atoms. The maximum Gasteiger partial charge on any atom is 0.332 e. The van der Waals surface area contributed by atoms with Crippen LogP contribution in [-0.4, -0.2) is 58.6 Å². The Labute approximate surface area is 169 Å². The lowest BCUT2D eigenvalue weighted by Gasteiger charge is -2.37. The van der Waals surface area contributed by atoms with E-state index in [1.54, 1.807) is 19.2 Å². The minimum Gasteiger partial charge on any atom is -0.355 e. The topological polar surface area (TPSA) is 93.6 Å². The van der Waals surface area contributed by atoms with Crippen LogP contribution in [0.3, 0.4) is 0 Å². The predicted molar refractivity (Wildman–Crippen MR) is 112 cm³/mol. The van der Waals surface area contributed by atoms with E-state index in [0.717, 1.165) is 4.57 Å². The number of rotatable bonds is 5. The highest BCUT2D eigenvalue weighted by atomic mass is 35.5. The molecule has 8 nitrogen and oxygen atoms in total. The standard InChI is InChI=1S/C19H25N5O3.ClH/c1-21-16(12-17(25)22(2)19(21)27)24-10-8-23(9-11-24)13-15(20)18(26)14-6-4-3-5-7-14;/h3-7,12,15H,8-11,13,20H2,1-2H3;1H. The summed E-state index contributed by atoms with van der Waals surface area (Å²) < 4.78 is 2.58. The van der Waals surface area contributed by atoms with E-state index in [9.17, 15) is 14.4 Å². The fourth-order valence-corrected chi connectivity index (χ4v) is 3.36. The molecule has 0 spiro atoms. The smallest absolute Gasteiger partial charge is 0.332 e. The molecule has 2 heterocycles. The highest BCUT2D eigenvalue weighted by molar-refractivity contribution is 6.00. The molecule has 1 atom stereocenters. The Balaban J connectivity index is 0.00000280. The molecule has 1 saturated heterocycles. The maximum absolute atomic E-state index is 12.4. The first-order valence-electron chi connectivity index (χ1n) is 8.97. The molecule has 9 heteroatoms. The third-order valence-electron chi connectivity index (χ3n) is 5.05. The minimum atomic E-state index is -0.577. The molecule has 1 fully saturated rings. The third kappa shape index (κ3) is 4.52. The van der Waals surface area contributed by atoms with E-state index in [1.165, 1.54) is 17.7 Å². The number of piperazine rings is 1. The number of carbonyl (C=O) groups is 1. The molecule has 2 N–H and O–H groups in total. The molecule has 0 aliphatic carbocycles. The van der Waals surface area contributed by atoms with Crippen LogP contribution in [0, 0.1) is 0 Å². The van der Waals surface area contributed by atoms with Gasteiger partial charge in [0.15, 0.2) is 5.78 Å². The number of halogens is 1. The molecule has 1 aliphatic heterocycles. The average molecular weight is 408 g/mol. The minimum absolute atomic E-state index is 0. The second-order valence-corrected chi connectivity index (χ2v) is 6.87. The van der Waals surface area contributed by atoms with Gasteiger partial charge in [-0.3, -0.25) is 23.6 Å². The van der Waals surface area contributed by atoms with Gasteiger partial charge in [-0.1, -0.05) is 30.3 Å². The van der Waals surface area contributed by atoms with Crippen molar-refractivity contribution in [3.05, 3.63) is 62.8 Å². The van der Waals surface area contributed by atoms with Gasteiger partial charge in [0.05, 0.1) is 6.04 Å². The van der Waals surface area contributed by atoms with Crippen molar-refractivity contribution in [2.45, 2.75) is 6.04 Å². The van der Waals surface area contributed by atoms with Gasteiger partial charge in [0.25, 0.3) is 5.56 Å². The molecule has 0 amide bonds. The zero-order valence-electron chi connectivity index (χ0n) is 16.1. The van der Waals surface area contributed by atoms with Crippen molar-refractivity contribution in [1.29, 1.82) is 0 Å². The van der Waals surface area contributed by atoms with Gasteiger partial charge in [-0.15, -0.1) is 12.4 Å². The van der Waals surface area contributed by atoms with Crippen LogP contribution in [0.2, 0.25) is 0 Å². The van der Waals surface area contributed by atoms with Crippen molar-refractivity contribution in [3.8, 4) is 0 Å². The molecule has 1 aromatic carbocycles. The van der Waals surface area contributed by atoms with Crippen molar-refractivity contribution in [1.82, 2.24) is 14.0 Å². The van der Waals surface area contributed by atoms with Gasteiger partial charge in [0.1, 0.15) is 5.82 Å². The number of hydrogen-bond donors (Lipinski definition) is 1. The van der Waals surface area contributed by atoms with Crippen LogP contribution in [0.1, 0.15) is 10.4 Å². The number of carbonyl (C=O) groups excluding carboxylic acids is 1. The monoisotopic (exact) mass is 407 g/mol. The first-order chi connectivity index (χ1) is 12.9. The highest BCUT2D eigenvalue weighted by Gasteiger charge is 2.24. The predicted octanol–water partition coefficient (Wildman–Crippen LogP) is -0.162. The Bertz CT molecular complexity index is 933. The second kappa shape index (κ2) is 9.18. The van der Waals surface area contributed by atoms with Crippen molar-refractivity contribution in [2.75, 3.05) is 37.6 Å². The van der Waals surface area contributed by atoms with Crippen LogP contribution in [0.4, 0.5) is 5.82 Å². The van der Waals surface area contributed by atoms with Crippen LogP contribution in [0.5, 0.6) is 0 Å². The van der Waals surface area contributed by atoms with Crippen LogP contribution in [-0.2, 0) is 14.1 Å². The lowest BCUT2D eigenvalue weighted by atomic mass is 10.0. The lowest BCUT2D eigenvalue weighted by Crippen LogP contribution is -2.53. The normalized spacial score (nSPS) is 15.8. The van der Waals surface area contributed by atoms with Gasteiger partial charge in [-0.05, 0) is 0 Å². The molecule has 3 rings (SSSR count). The number of Topliss-reactive ketones (excluding diaryl/α,β-unsaturated/α-hetero) is 1. The number of anilines is 1. The van der Waals surface area contributed by atoms with E-state index in [1.807, 2.05) is 23.1 Å². The molecule has 0 radical (unpaired) electrons. The molecule has 1 aromatic heterocycles. The Morgan fingerprint density at radius 3 is 2.25 bits per heavy atom. The fraction of sp³-hybridized carbons (Fsp3) is 0.421. The highest BCUT2D eigenvalue weighted by Crippen LogP contribution is 2.13. The van der Waals surface area contributed by atoms with E-state index in [4.69, 9.17) is 5.73 Å². The van der Waals surface area contributed by atoms with Crippen molar-refractivity contribution in [2.24, 2.45) is 19.8 Å². The summed E-state index contributed by atoms with van der Waals surface area (Å²) in [6, 6.07) is 9.98. The fourth-order valence-electron chi connectivity index (χ4n) is 3.36. The van der Waals surface area contributed by atoms with E-state index >= 15 is 0 Å². The van der Waals surface area contributed by atoms with Crippen LogP contribution >= 0.6 is 12.4 Å². The Morgan fingerprint density at radius 2 is 1.64 bits per heavy atom. The van der Waals surface area contributed by atoms with Crippen molar-refractivity contribution in [3.63, 3.8) is 0 Å². The number of ketones is 1. The molecule has 0 bridgehead atoms. The van der Waals surface area contributed by atoms with Gasteiger partial charge < -0.3 is 10.6 Å². The molecule has 152 valence electrons. The largest absolute Gasteiger partial charge is 0.355 e. The Kier molecular flexibility index (Phi) is 7.17. The molecule has 1 aliphatic rings. The number of hydrogen-bond acceptors (Lipinski definition) is 6.